The van der Waals surface area contributed by atoms with Crippen LogP contribution in [0, 0.1) is 11.3 Å². The zero-order valence-corrected chi connectivity index (χ0v) is 14.9. The van der Waals surface area contributed by atoms with E-state index >= 15 is 0 Å². The van der Waals surface area contributed by atoms with Gasteiger partial charge in [0.2, 0.25) is 0 Å². The van der Waals surface area contributed by atoms with Crippen LogP contribution in [-0.4, -0.2) is 50.3 Å². The molecule has 1 saturated heterocycles. The van der Waals surface area contributed by atoms with E-state index in [4.69, 9.17) is 13.9 Å². The second kappa shape index (κ2) is 7.68. The maximum Gasteiger partial charge on any atom is 0.337 e. The van der Waals surface area contributed by atoms with E-state index in [0.29, 0.717) is 25.9 Å². The number of hydrogen-bond acceptors (Lipinski definition) is 7. The Morgan fingerprint density at radius 2 is 1.64 bits per heavy atom. The number of Topliss-reactive ketones (excluding diaryl/α,β-unsaturated/α-hetero) is 1. The van der Waals surface area contributed by atoms with Crippen molar-refractivity contribution in [1.82, 2.24) is 5.06 Å². The number of hydrogen-bond donors (Lipinski definition) is 0. The second-order valence-electron chi connectivity index (χ2n) is 6.43. The minimum atomic E-state index is -3.31. The van der Waals surface area contributed by atoms with Gasteiger partial charge in [-0.2, -0.15) is 0 Å². The van der Waals surface area contributed by atoms with Crippen molar-refractivity contribution in [2.24, 2.45) is 11.3 Å². The summed E-state index contributed by atoms with van der Waals surface area (Å²) in [4.78, 5) is 29.3. The van der Waals surface area contributed by atoms with Crippen LogP contribution in [0.4, 0.5) is 0 Å². The molecule has 1 fully saturated rings. The lowest BCUT2D eigenvalue weighted by Crippen LogP contribution is -2.40. The van der Waals surface area contributed by atoms with Gasteiger partial charge in [-0.1, -0.05) is 0 Å². The maximum absolute atomic E-state index is 12.2. The molecule has 0 unspecified atom stereocenters. The molecule has 0 aromatic carbocycles. The van der Waals surface area contributed by atoms with Crippen molar-refractivity contribution in [1.29, 1.82) is 0 Å². The van der Waals surface area contributed by atoms with Gasteiger partial charge in [-0.3, -0.25) is 9.36 Å². The van der Waals surface area contributed by atoms with Crippen molar-refractivity contribution in [2.75, 3.05) is 33.5 Å². The number of nitrogens with zero attached hydrogens (tertiary/aromatic N) is 1. The van der Waals surface area contributed by atoms with E-state index in [1.807, 2.05) is 0 Å². The normalized spacial score (nSPS) is 18.2. The summed E-state index contributed by atoms with van der Waals surface area (Å²) in [5.74, 6) is -0.627. The molecule has 7 nitrogen and oxygen atoms in total. The van der Waals surface area contributed by atoms with Crippen LogP contribution in [0.5, 0.6) is 0 Å². The van der Waals surface area contributed by atoms with Crippen LogP contribution in [0.2, 0.25) is 0 Å². The van der Waals surface area contributed by atoms with Gasteiger partial charge in [0.25, 0.3) is 0 Å². The Hall–Kier alpha value is -0.750. The topological polar surface area (TPSA) is 82.1 Å². The Bertz CT molecular complexity index is 443. The molecule has 0 saturated carbocycles. The Balaban J connectivity index is 2.47. The van der Waals surface area contributed by atoms with Gasteiger partial charge >= 0.3 is 13.6 Å². The van der Waals surface area contributed by atoms with Gasteiger partial charge in [0.1, 0.15) is 11.9 Å². The second-order valence-corrected chi connectivity index (χ2v) is 8.70. The van der Waals surface area contributed by atoms with Crippen LogP contribution in [0.15, 0.2) is 0 Å². The predicted octanol–water partition coefficient (Wildman–Crippen LogP) is 2.26. The Morgan fingerprint density at radius 3 is 2.05 bits per heavy atom. The summed E-state index contributed by atoms with van der Waals surface area (Å²) in [6, 6.07) is 0. The van der Waals surface area contributed by atoms with Gasteiger partial charge in [0.05, 0.1) is 5.41 Å². The number of carbonyl (C=O) groups excluding carboxylic acids is 2. The molecule has 0 N–H and O–H groups in total. The lowest BCUT2D eigenvalue weighted by molar-refractivity contribution is -0.205. The average molecular weight is 335 g/mol. The number of hydroxylamine groups is 2. The smallest absolute Gasteiger partial charge is 0.337 e. The Kier molecular flexibility index (Phi) is 6.74. The summed E-state index contributed by atoms with van der Waals surface area (Å²) in [6.07, 6.45) is 0.903. The molecule has 22 heavy (non-hydrogen) atoms. The third-order valence-corrected chi connectivity index (χ3v) is 5.45. The molecule has 128 valence electrons. The molecule has 0 atom stereocenters. The standard InChI is InChI=1S/C14H26NO6P/c1-14(2,3)13(17)21-15-8-6-11(7-9-15)12(16)10-22(18,19-4)20-5/h11H,6-10H2,1-5H3. The van der Waals surface area contributed by atoms with Crippen molar-refractivity contribution in [3.05, 3.63) is 0 Å². The predicted molar refractivity (Wildman–Crippen MR) is 81.3 cm³/mol. The van der Waals surface area contributed by atoms with E-state index in [1.165, 1.54) is 14.2 Å². The Labute approximate surface area is 131 Å². The van der Waals surface area contributed by atoms with Gasteiger partial charge in [0, 0.05) is 33.2 Å². The summed E-state index contributed by atoms with van der Waals surface area (Å²) >= 11 is 0. The highest BCUT2D eigenvalue weighted by atomic mass is 31.2. The third kappa shape index (κ3) is 5.47. The van der Waals surface area contributed by atoms with E-state index in [1.54, 1.807) is 25.8 Å². The van der Waals surface area contributed by atoms with E-state index in [0.717, 1.165) is 0 Å². The van der Waals surface area contributed by atoms with Crippen LogP contribution in [0.1, 0.15) is 33.6 Å². The summed E-state index contributed by atoms with van der Waals surface area (Å²) in [7, 11) is -0.772. The largest absolute Gasteiger partial charge is 0.367 e. The first-order valence-corrected chi connectivity index (χ1v) is 9.04. The molecule has 1 aliphatic heterocycles. The average Bonchev–Trinajstić information content (AvgIpc) is 2.46. The van der Waals surface area contributed by atoms with Gasteiger partial charge in [0.15, 0.2) is 0 Å². The highest BCUT2D eigenvalue weighted by Crippen LogP contribution is 2.47. The number of ketones is 1. The van der Waals surface area contributed by atoms with E-state index in [-0.39, 0.29) is 23.8 Å². The van der Waals surface area contributed by atoms with Crippen molar-refractivity contribution in [3.8, 4) is 0 Å². The molecule has 1 rings (SSSR count). The van der Waals surface area contributed by atoms with Gasteiger partial charge in [-0.15, -0.1) is 5.06 Å². The van der Waals surface area contributed by atoms with Crippen LogP contribution in [-0.2, 0) is 28.0 Å². The quantitative estimate of drug-likeness (QED) is 0.689. The first-order valence-electron chi connectivity index (χ1n) is 7.32. The first kappa shape index (κ1) is 19.3. The van der Waals surface area contributed by atoms with E-state index < -0.39 is 13.0 Å². The molecule has 0 aromatic rings. The monoisotopic (exact) mass is 335 g/mol. The maximum atomic E-state index is 12.2. The van der Waals surface area contributed by atoms with Crippen molar-refractivity contribution in [2.45, 2.75) is 33.6 Å². The fourth-order valence-electron chi connectivity index (χ4n) is 2.05. The van der Waals surface area contributed by atoms with Crippen LogP contribution >= 0.6 is 7.60 Å². The Morgan fingerprint density at radius 1 is 1.14 bits per heavy atom. The number of rotatable bonds is 6. The van der Waals surface area contributed by atoms with Crippen molar-refractivity contribution < 1.29 is 28.0 Å². The third-order valence-electron chi connectivity index (χ3n) is 3.64. The minimum Gasteiger partial charge on any atom is -0.367 e. The molecule has 0 amide bonds. The van der Waals surface area contributed by atoms with Gasteiger partial charge in [-0.05, 0) is 33.6 Å². The molecular formula is C14H26NO6P. The molecule has 1 aliphatic rings. The number of carbonyl (C=O) groups is 2. The number of piperidine rings is 1. The van der Waals surface area contributed by atoms with E-state index in [9.17, 15) is 14.2 Å². The van der Waals surface area contributed by atoms with Crippen LogP contribution in [0.25, 0.3) is 0 Å². The molecular weight excluding hydrogens is 309 g/mol. The zero-order valence-electron chi connectivity index (χ0n) is 14.0. The first-order chi connectivity index (χ1) is 10.1. The molecule has 0 aromatic heterocycles. The highest BCUT2D eigenvalue weighted by molar-refractivity contribution is 7.54. The van der Waals surface area contributed by atoms with E-state index in [2.05, 4.69) is 0 Å². The molecule has 0 bridgehead atoms. The molecule has 8 heteroatoms. The SMILES string of the molecule is COP(=O)(CC(=O)C1CCN(OC(=O)C(C)(C)C)CC1)OC. The summed E-state index contributed by atoms with van der Waals surface area (Å²) < 4.78 is 21.6. The summed E-state index contributed by atoms with van der Waals surface area (Å²) in [6.45, 7) is 6.35. The minimum absolute atomic E-state index is 0.131. The molecule has 0 aliphatic carbocycles. The lowest BCUT2D eigenvalue weighted by atomic mass is 9.94. The fraction of sp³-hybridized carbons (Fsp3) is 0.857. The summed E-state index contributed by atoms with van der Waals surface area (Å²) in [5, 5.41) is 1.59. The summed E-state index contributed by atoms with van der Waals surface area (Å²) in [5.41, 5.74) is -0.559. The zero-order chi connectivity index (χ0) is 17.0. The van der Waals surface area contributed by atoms with Crippen LogP contribution < -0.4 is 0 Å². The van der Waals surface area contributed by atoms with Gasteiger partial charge in [-0.25, -0.2) is 4.79 Å². The molecule has 0 spiro atoms. The van der Waals surface area contributed by atoms with Crippen LogP contribution in [0.3, 0.4) is 0 Å². The van der Waals surface area contributed by atoms with Gasteiger partial charge < -0.3 is 13.9 Å². The fourth-order valence-corrected chi connectivity index (χ4v) is 3.09. The lowest BCUT2D eigenvalue weighted by Gasteiger charge is -2.31. The van der Waals surface area contributed by atoms with Crippen molar-refractivity contribution in [3.63, 3.8) is 0 Å². The molecule has 0 radical (unpaired) electrons. The highest BCUT2D eigenvalue weighted by Gasteiger charge is 2.34. The van der Waals surface area contributed by atoms with Crippen molar-refractivity contribution >= 4 is 19.3 Å². The molecule has 1 heterocycles.